The van der Waals surface area contributed by atoms with Crippen LogP contribution in [0.3, 0.4) is 0 Å². The molecule has 1 unspecified atom stereocenters. The van der Waals surface area contributed by atoms with E-state index >= 15 is 0 Å². The van der Waals surface area contributed by atoms with E-state index in [2.05, 4.69) is 9.97 Å². The predicted molar refractivity (Wildman–Crippen MR) is 74.7 cm³/mol. The Labute approximate surface area is 119 Å². The Morgan fingerprint density at radius 2 is 1.71 bits per heavy atom. The lowest BCUT2D eigenvalue weighted by Gasteiger charge is -2.15. The second-order valence-electron chi connectivity index (χ2n) is 4.80. The minimum atomic E-state index is -1.39. The van der Waals surface area contributed by atoms with Crippen LogP contribution in [0, 0.1) is 18.6 Å². The topological polar surface area (TPSA) is 46.0 Å². The molecule has 5 heteroatoms. The highest BCUT2D eigenvalue weighted by Gasteiger charge is 2.21. The number of halogens is 2. The Balaban J connectivity index is 2.12. The molecule has 1 N–H and O–H groups in total. The Bertz CT molecular complexity index is 820. The summed E-state index contributed by atoms with van der Waals surface area (Å²) in [6, 6.07) is 7.31. The minimum Gasteiger partial charge on any atom is -0.383 e. The van der Waals surface area contributed by atoms with Crippen molar-refractivity contribution < 1.29 is 13.9 Å². The number of fused-ring (bicyclic) bond motifs is 1. The fraction of sp³-hybridized carbons (Fsp3) is 0.125. The molecule has 0 aliphatic heterocycles. The van der Waals surface area contributed by atoms with E-state index in [9.17, 15) is 13.9 Å². The van der Waals surface area contributed by atoms with Gasteiger partial charge in [0.1, 0.15) is 17.7 Å². The van der Waals surface area contributed by atoms with Crippen LogP contribution in [0.25, 0.3) is 11.0 Å². The highest BCUT2D eigenvalue weighted by atomic mass is 19.1. The van der Waals surface area contributed by atoms with Crippen LogP contribution in [-0.2, 0) is 0 Å². The molecule has 0 fully saturated rings. The quantitative estimate of drug-likeness (QED) is 0.786. The number of aromatic nitrogens is 2. The first-order valence-electron chi connectivity index (χ1n) is 6.41. The van der Waals surface area contributed by atoms with Gasteiger partial charge < -0.3 is 5.11 Å². The fourth-order valence-electron chi connectivity index (χ4n) is 2.25. The number of hydrogen-bond donors (Lipinski definition) is 1. The zero-order valence-corrected chi connectivity index (χ0v) is 11.2. The maximum Gasteiger partial charge on any atom is 0.135 e. The molecular formula is C16H12F2N2O. The summed E-state index contributed by atoms with van der Waals surface area (Å²) in [5.41, 5.74) is 1.51. The third-order valence-electron chi connectivity index (χ3n) is 3.40. The van der Waals surface area contributed by atoms with Crippen LogP contribution in [0.2, 0.25) is 0 Å². The maximum atomic E-state index is 14.1. The summed E-state index contributed by atoms with van der Waals surface area (Å²) in [6.07, 6.45) is 1.68. The molecule has 2 aromatic carbocycles. The lowest BCUT2D eigenvalue weighted by Crippen LogP contribution is -2.07. The number of aliphatic hydroxyl groups excluding tert-OH is 1. The molecule has 0 radical (unpaired) electrons. The van der Waals surface area contributed by atoms with Crippen molar-refractivity contribution in [3.8, 4) is 0 Å². The van der Waals surface area contributed by atoms with E-state index in [4.69, 9.17) is 0 Å². The van der Waals surface area contributed by atoms with Crippen molar-refractivity contribution in [1.82, 2.24) is 9.97 Å². The fourth-order valence-corrected chi connectivity index (χ4v) is 2.25. The van der Waals surface area contributed by atoms with Gasteiger partial charge in [-0.05, 0) is 36.2 Å². The molecule has 3 aromatic rings. The average Bonchev–Trinajstić information content (AvgIpc) is 2.51. The summed E-state index contributed by atoms with van der Waals surface area (Å²) in [6.45, 7) is 1.52. The first kappa shape index (κ1) is 13.6. The normalized spacial score (nSPS) is 12.6. The highest BCUT2D eigenvalue weighted by Crippen LogP contribution is 2.29. The van der Waals surface area contributed by atoms with Crippen molar-refractivity contribution in [3.05, 3.63) is 71.1 Å². The number of nitrogens with zero attached hydrogens (tertiary/aromatic N) is 2. The van der Waals surface area contributed by atoms with Crippen LogP contribution in [-0.4, -0.2) is 15.1 Å². The van der Waals surface area contributed by atoms with E-state index < -0.39 is 17.7 Å². The minimum absolute atomic E-state index is 0.283. The van der Waals surface area contributed by atoms with Gasteiger partial charge in [-0.15, -0.1) is 0 Å². The maximum absolute atomic E-state index is 14.1. The summed E-state index contributed by atoms with van der Waals surface area (Å²) in [5, 5.41) is 10.3. The van der Waals surface area contributed by atoms with Gasteiger partial charge >= 0.3 is 0 Å². The Hall–Kier alpha value is -2.40. The summed E-state index contributed by atoms with van der Waals surface area (Å²) in [4.78, 5) is 8.23. The van der Waals surface area contributed by atoms with Crippen molar-refractivity contribution >= 4 is 11.0 Å². The summed E-state index contributed by atoms with van der Waals surface area (Å²) < 4.78 is 27.9. The van der Waals surface area contributed by atoms with Gasteiger partial charge in [0.05, 0.1) is 16.6 Å². The van der Waals surface area contributed by atoms with Crippen molar-refractivity contribution in [2.24, 2.45) is 0 Å². The molecule has 0 aliphatic rings. The molecule has 1 heterocycles. The van der Waals surface area contributed by atoms with E-state index in [1.54, 1.807) is 24.4 Å². The van der Waals surface area contributed by atoms with Crippen LogP contribution in [0.1, 0.15) is 22.8 Å². The number of rotatable bonds is 2. The zero-order chi connectivity index (χ0) is 15.0. The first-order valence-corrected chi connectivity index (χ1v) is 6.41. The SMILES string of the molecule is Cc1ccc(F)c(C(O)c2ccc3nccnc3c2)c1F. The molecule has 1 aromatic heterocycles. The summed E-state index contributed by atoms with van der Waals surface area (Å²) in [5.74, 6) is -1.51. The van der Waals surface area contributed by atoms with Crippen LogP contribution in [0.5, 0.6) is 0 Å². The lowest BCUT2D eigenvalue weighted by atomic mass is 9.98. The molecule has 0 bridgehead atoms. The standard InChI is InChI=1S/C16H12F2N2O/c1-9-2-4-11(17)14(15(9)18)16(21)10-3-5-12-13(8-10)20-7-6-19-12/h2-8,16,21H,1H3. The molecule has 106 valence electrons. The van der Waals surface area contributed by atoms with Crippen LogP contribution in [0.15, 0.2) is 42.7 Å². The van der Waals surface area contributed by atoms with E-state index in [1.165, 1.54) is 19.2 Å². The Morgan fingerprint density at radius 3 is 2.48 bits per heavy atom. The van der Waals surface area contributed by atoms with Gasteiger partial charge in [0.2, 0.25) is 0 Å². The highest BCUT2D eigenvalue weighted by molar-refractivity contribution is 5.74. The zero-order valence-electron chi connectivity index (χ0n) is 11.2. The summed E-state index contributed by atoms with van der Waals surface area (Å²) >= 11 is 0. The van der Waals surface area contributed by atoms with Gasteiger partial charge in [0, 0.05) is 12.4 Å². The van der Waals surface area contributed by atoms with Gasteiger partial charge in [0.15, 0.2) is 0 Å². The van der Waals surface area contributed by atoms with Gasteiger partial charge in [-0.25, -0.2) is 8.78 Å². The van der Waals surface area contributed by atoms with Gasteiger partial charge in [-0.1, -0.05) is 12.1 Å². The van der Waals surface area contributed by atoms with Crippen molar-refractivity contribution in [2.75, 3.05) is 0 Å². The predicted octanol–water partition coefficient (Wildman–Crippen LogP) is 3.30. The van der Waals surface area contributed by atoms with Gasteiger partial charge in [-0.2, -0.15) is 0 Å². The van der Waals surface area contributed by atoms with E-state index in [1.807, 2.05) is 0 Å². The summed E-state index contributed by atoms with van der Waals surface area (Å²) in [7, 11) is 0. The third kappa shape index (κ3) is 2.36. The molecule has 1 atom stereocenters. The molecular weight excluding hydrogens is 274 g/mol. The largest absolute Gasteiger partial charge is 0.383 e. The van der Waals surface area contributed by atoms with Crippen molar-refractivity contribution in [2.45, 2.75) is 13.0 Å². The number of aliphatic hydroxyl groups is 1. The monoisotopic (exact) mass is 286 g/mol. The molecule has 0 saturated heterocycles. The number of aryl methyl sites for hydroxylation is 1. The molecule has 0 amide bonds. The average molecular weight is 286 g/mol. The van der Waals surface area contributed by atoms with Crippen molar-refractivity contribution in [1.29, 1.82) is 0 Å². The van der Waals surface area contributed by atoms with Crippen molar-refractivity contribution in [3.63, 3.8) is 0 Å². The lowest BCUT2D eigenvalue weighted by molar-refractivity contribution is 0.209. The van der Waals surface area contributed by atoms with Gasteiger partial charge in [-0.3, -0.25) is 9.97 Å². The molecule has 0 saturated carbocycles. The van der Waals surface area contributed by atoms with E-state index in [-0.39, 0.29) is 11.1 Å². The van der Waals surface area contributed by atoms with Crippen LogP contribution < -0.4 is 0 Å². The Kier molecular flexibility index (Phi) is 3.35. The van der Waals surface area contributed by atoms with E-state index in [0.29, 0.717) is 16.6 Å². The molecule has 3 rings (SSSR count). The second-order valence-corrected chi connectivity index (χ2v) is 4.80. The molecule has 21 heavy (non-hydrogen) atoms. The van der Waals surface area contributed by atoms with E-state index in [0.717, 1.165) is 6.07 Å². The molecule has 0 aliphatic carbocycles. The first-order chi connectivity index (χ1) is 10.1. The molecule has 0 spiro atoms. The second kappa shape index (κ2) is 5.18. The number of benzene rings is 2. The van der Waals surface area contributed by atoms with Crippen LogP contribution in [0.4, 0.5) is 8.78 Å². The Morgan fingerprint density at radius 1 is 1.00 bits per heavy atom. The smallest absolute Gasteiger partial charge is 0.135 e. The van der Waals surface area contributed by atoms with Gasteiger partial charge in [0.25, 0.3) is 0 Å². The van der Waals surface area contributed by atoms with Crippen LogP contribution >= 0.6 is 0 Å². The molecule has 3 nitrogen and oxygen atoms in total. The number of hydrogen-bond acceptors (Lipinski definition) is 3. The third-order valence-corrected chi connectivity index (χ3v) is 3.40.